The number of hydrogen-bond acceptors (Lipinski definition) is 4. The molecule has 7 nitrogen and oxygen atoms in total. The van der Waals surface area contributed by atoms with Crippen molar-refractivity contribution in [3.05, 3.63) is 0 Å². The van der Waals surface area contributed by atoms with Gasteiger partial charge in [0, 0.05) is 30.4 Å². The molecule has 3 atom stereocenters. The quantitative estimate of drug-likeness (QED) is 0.224. The molecule has 2 rings (SSSR count). The molecule has 0 aromatic carbocycles. The molecule has 28 heavy (non-hydrogen) atoms. The highest BCUT2D eigenvalue weighted by Gasteiger charge is 2.51. The summed E-state index contributed by atoms with van der Waals surface area (Å²) in [5, 5.41) is 12.1. The Balaban J connectivity index is 1.45. The molecule has 2 fully saturated rings. The zero-order valence-corrected chi connectivity index (χ0v) is 17.5. The Hall–Kier alpha value is -1.88. The third-order valence-corrected chi connectivity index (χ3v) is 6.98. The van der Waals surface area contributed by atoms with Gasteiger partial charge in [0.1, 0.15) is 0 Å². The van der Waals surface area contributed by atoms with Crippen LogP contribution in [-0.2, 0) is 9.59 Å². The highest BCUT2D eigenvalue weighted by atomic mass is 32.2. The third-order valence-electron chi connectivity index (χ3n) is 5.27. The van der Waals surface area contributed by atoms with E-state index in [0.717, 1.165) is 44.3 Å². The van der Waals surface area contributed by atoms with Crippen LogP contribution < -0.4 is 21.3 Å². The molecule has 0 radical (unpaired) electrons. The van der Waals surface area contributed by atoms with E-state index in [1.54, 1.807) is 0 Å². The van der Waals surface area contributed by atoms with Crippen molar-refractivity contribution < 1.29 is 14.4 Å². The van der Waals surface area contributed by atoms with E-state index in [2.05, 4.69) is 34.1 Å². The first-order valence-electron chi connectivity index (χ1n) is 10.1. The lowest BCUT2D eigenvalue weighted by atomic mass is 9.92. The lowest BCUT2D eigenvalue weighted by molar-refractivity contribution is -0.122. The molecule has 0 aliphatic carbocycles. The predicted octanol–water partition coefficient (Wildman–Crippen LogP) is 1.53. The number of rotatable bonds is 12. The fraction of sp³-hybridized carbons (Fsp3) is 0.750. The summed E-state index contributed by atoms with van der Waals surface area (Å²) in [4.78, 5) is 34.8. The molecule has 4 amide bonds. The number of nitrogens with one attached hydrogen (secondary N) is 4. The first kappa shape index (κ1) is 22.4. The number of terminal acetylenes is 1. The van der Waals surface area contributed by atoms with Gasteiger partial charge in [0.05, 0.1) is 18.1 Å². The molecule has 0 aromatic heterocycles. The minimum absolute atomic E-state index is 0.0179. The number of hydrogen-bond donors (Lipinski definition) is 4. The summed E-state index contributed by atoms with van der Waals surface area (Å²) in [5.74, 6) is 3.38. The molecule has 2 saturated heterocycles. The maximum atomic E-state index is 11.9. The van der Waals surface area contributed by atoms with Crippen LogP contribution in [0.15, 0.2) is 0 Å². The van der Waals surface area contributed by atoms with Crippen LogP contribution in [0, 0.1) is 12.3 Å². The number of carbonyl (C=O) groups is 3. The normalized spacial score (nSPS) is 25.4. The molecule has 0 spiro atoms. The molecule has 0 unspecified atom stereocenters. The Kier molecular flexibility index (Phi) is 8.97. The molecule has 2 heterocycles. The fourth-order valence-electron chi connectivity index (χ4n) is 3.70. The molecule has 0 bridgehead atoms. The zero-order chi connectivity index (χ0) is 20.4. The predicted molar refractivity (Wildman–Crippen MR) is 112 cm³/mol. The van der Waals surface area contributed by atoms with Crippen molar-refractivity contribution in [3.8, 4) is 12.3 Å². The van der Waals surface area contributed by atoms with E-state index in [4.69, 9.17) is 6.42 Å². The Labute approximate surface area is 171 Å². The van der Waals surface area contributed by atoms with Crippen molar-refractivity contribution in [3.63, 3.8) is 0 Å². The third kappa shape index (κ3) is 6.93. The van der Waals surface area contributed by atoms with E-state index >= 15 is 0 Å². The molecular formula is C20H32N4O3S. The summed E-state index contributed by atoms with van der Waals surface area (Å²) in [7, 11) is 0. The van der Waals surface area contributed by atoms with Gasteiger partial charge in [0.15, 0.2) is 0 Å². The Morgan fingerprint density at radius 2 is 1.89 bits per heavy atom. The second-order valence-electron chi connectivity index (χ2n) is 7.73. The molecule has 2 aliphatic rings. The molecular weight excluding hydrogens is 376 g/mol. The molecule has 156 valence electrons. The van der Waals surface area contributed by atoms with E-state index in [-0.39, 0.29) is 36.0 Å². The van der Waals surface area contributed by atoms with Gasteiger partial charge < -0.3 is 21.3 Å². The first-order chi connectivity index (χ1) is 13.4. The molecule has 0 aromatic rings. The van der Waals surface area contributed by atoms with Crippen molar-refractivity contribution in [1.29, 1.82) is 0 Å². The van der Waals surface area contributed by atoms with Crippen molar-refractivity contribution in [1.82, 2.24) is 21.3 Å². The van der Waals surface area contributed by atoms with Crippen LogP contribution in [0.3, 0.4) is 0 Å². The topological polar surface area (TPSA) is 99.3 Å². The highest BCUT2D eigenvalue weighted by molar-refractivity contribution is 8.00. The molecule has 0 saturated carbocycles. The van der Waals surface area contributed by atoms with E-state index < -0.39 is 0 Å². The van der Waals surface area contributed by atoms with Gasteiger partial charge in [0.25, 0.3) is 0 Å². The Morgan fingerprint density at radius 1 is 1.18 bits per heavy atom. The van der Waals surface area contributed by atoms with Crippen LogP contribution in [0.2, 0.25) is 0 Å². The van der Waals surface area contributed by atoms with Gasteiger partial charge in [-0.1, -0.05) is 18.8 Å². The van der Waals surface area contributed by atoms with Crippen molar-refractivity contribution in [2.24, 2.45) is 0 Å². The summed E-state index contributed by atoms with van der Waals surface area (Å²) < 4.78 is 0. The number of unbranched alkanes of at least 4 members (excludes halogenated alkanes) is 3. The molecule has 8 heteroatoms. The van der Waals surface area contributed by atoms with Crippen LogP contribution in [0.4, 0.5) is 4.79 Å². The van der Waals surface area contributed by atoms with Crippen LogP contribution >= 0.6 is 11.8 Å². The van der Waals surface area contributed by atoms with Crippen LogP contribution in [0.1, 0.15) is 58.3 Å². The molecule has 4 N–H and O–H groups in total. The van der Waals surface area contributed by atoms with E-state index in [1.165, 1.54) is 0 Å². The van der Waals surface area contributed by atoms with Gasteiger partial charge in [-0.2, -0.15) is 11.8 Å². The largest absolute Gasteiger partial charge is 0.356 e. The summed E-state index contributed by atoms with van der Waals surface area (Å²) in [6.45, 7) is 3.03. The summed E-state index contributed by atoms with van der Waals surface area (Å²) >= 11 is 1.91. The smallest absolute Gasteiger partial charge is 0.315 e. The summed E-state index contributed by atoms with van der Waals surface area (Å²) in [6.07, 6.45) is 11.5. The van der Waals surface area contributed by atoms with E-state index in [1.807, 2.05) is 11.8 Å². The van der Waals surface area contributed by atoms with E-state index in [9.17, 15) is 14.4 Å². The van der Waals surface area contributed by atoms with Crippen molar-refractivity contribution >= 4 is 29.6 Å². The number of thioether (sulfide) groups is 1. The maximum absolute atomic E-state index is 11.9. The minimum atomic E-state index is -0.133. The van der Waals surface area contributed by atoms with Crippen LogP contribution in [-0.4, -0.2) is 53.5 Å². The Bertz CT molecular complexity index is 607. The van der Waals surface area contributed by atoms with Crippen molar-refractivity contribution in [2.45, 2.75) is 75.1 Å². The van der Waals surface area contributed by atoms with Gasteiger partial charge in [-0.05, 0) is 32.6 Å². The highest BCUT2D eigenvalue weighted by Crippen LogP contribution is 2.39. The Morgan fingerprint density at radius 3 is 2.64 bits per heavy atom. The van der Waals surface area contributed by atoms with E-state index in [0.29, 0.717) is 24.6 Å². The number of amides is 4. The second kappa shape index (κ2) is 11.2. The summed E-state index contributed by atoms with van der Waals surface area (Å²) in [5.41, 5.74) is -0.133. The first-order valence-corrected chi connectivity index (χ1v) is 11.2. The van der Waals surface area contributed by atoms with Crippen LogP contribution in [0.25, 0.3) is 0 Å². The number of fused-ring (bicyclic) bond motifs is 1. The standard InChI is InChI=1S/C20H32N4O3S/c1-3-12-21-16(25)10-5-4-8-13-22-17(26)11-7-6-9-15-18-20(2,14-28-15)24-19(27)23-18/h1,15,18H,4-14H2,2H3,(H,21,25)(H,22,26)(H2,23,24,27)/t15-,18+,20-/m0/s1. The van der Waals surface area contributed by atoms with Gasteiger partial charge in [0.2, 0.25) is 11.8 Å². The SMILES string of the molecule is C#CCNC(=O)CCCCCNC(=O)CCCC[C@@H]1SC[C@]2(C)NC(=O)N[C@H]12. The van der Waals surface area contributed by atoms with Gasteiger partial charge in [-0.3, -0.25) is 9.59 Å². The second-order valence-corrected chi connectivity index (χ2v) is 8.96. The number of urea groups is 1. The number of carbonyl (C=O) groups excluding carboxylic acids is 3. The monoisotopic (exact) mass is 408 g/mol. The average molecular weight is 409 g/mol. The lowest BCUT2D eigenvalue weighted by Crippen LogP contribution is -2.47. The summed E-state index contributed by atoms with van der Waals surface area (Å²) in [6, 6.07) is 0.123. The van der Waals surface area contributed by atoms with Gasteiger partial charge in [-0.15, -0.1) is 6.42 Å². The van der Waals surface area contributed by atoms with Gasteiger partial charge in [-0.25, -0.2) is 4.79 Å². The fourth-order valence-corrected chi connectivity index (χ4v) is 5.41. The van der Waals surface area contributed by atoms with Crippen molar-refractivity contribution in [2.75, 3.05) is 18.8 Å². The average Bonchev–Trinajstić information content (AvgIpc) is 3.11. The minimum Gasteiger partial charge on any atom is -0.356 e. The van der Waals surface area contributed by atoms with Gasteiger partial charge >= 0.3 is 6.03 Å². The zero-order valence-electron chi connectivity index (χ0n) is 16.6. The van der Waals surface area contributed by atoms with Crippen LogP contribution in [0.5, 0.6) is 0 Å². The lowest BCUT2D eigenvalue weighted by Gasteiger charge is -2.23. The molecule has 2 aliphatic heterocycles. The maximum Gasteiger partial charge on any atom is 0.315 e.